The van der Waals surface area contributed by atoms with Gasteiger partial charge < -0.3 is 19.8 Å². The first-order valence-electron chi connectivity index (χ1n) is 6.79. The van der Waals surface area contributed by atoms with Crippen LogP contribution in [0.1, 0.15) is 38.6 Å². The molecule has 1 unspecified atom stereocenters. The molecule has 114 valence electrons. The number of amides is 2. The van der Waals surface area contributed by atoms with Gasteiger partial charge in [-0.25, -0.2) is 4.79 Å². The van der Waals surface area contributed by atoms with Crippen LogP contribution in [0.2, 0.25) is 0 Å². The topological polar surface area (TPSA) is 78.6 Å². The van der Waals surface area contributed by atoms with Gasteiger partial charge in [0.25, 0.3) is 0 Å². The van der Waals surface area contributed by atoms with Gasteiger partial charge in [-0.15, -0.1) is 0 Å². The maximum atomic E-state index is 12.0. The molecule has 1 atom stereocenters. The fourth-order valence-corrected chi connectivity index (χ4v) is 2.13. The molecule has 6 nitrogen and oxygen atoms in total. The Kier molecular flexibility index (Phi) is 5.56. The van der Waals surface area contributed by atoms with Crippen LogP contribution in [0.3, 0.4) is 0 Å². The first-order chi connectivity index (χ1) is 9.19. The van der Waals surface area contributed by atoms with E-state index in [0.29, 0.717) is 19.5 Å². The molecule has 1 heterocycles. The van der Waals surface area contributed by atoms with Crippen LogP contribution in [0.4, 0.5) is 4.79 Å². The van der Waals surface area contributed by atoms with Crippen molar-refractivity contribution in [2.45, 2.75) is 46.8 Å². The van der Waals surface area contributed by atoms with E-state index in [1.54, 1.807) is 24.9 Å². The number of rotatable bonds is 6. The molecule has 0 spiro atoms. The van der Waals surface area contributed by atoms with E-state index < -0.39 is 0 Å². The first-order valence-corrected chi connectivity index (χ1v) is 6.79. The number of urea groups is 1. The second-order valence-corrected chi connectivity index (χ2v) is 6.16. The summed E-state index contributed by atoms with van der Waals surface area (Å²) in [5, 5.41) is 16.1. The van der Waals surface area contributed by atoms with Crippen molar-refractivity contribution >= 4 is 6.03 Å². The van der Waals surface area contributed by atoms with E-state index in [9.17, 15) is 9.90 Å². The van der Waals surface area contributed by atoms with Crippen LogP contribution in [-0.2, 0) is 6.54 Å². The third-order valence-corrected chi connectivity index (χ3v) is 2.99. The molecular formula is C14H25N3O3. The first kappa shape index (κ1) is 16.5. The van der Waals surface area contributed by atoms with Gasteiger partial charge in [0.05, 0.1) is 12.6 Å². The van der Waals surface area contributed by atoms with Crippen LogP contribution in [-0.4, -0.2) is 40.9 Å². The average molecular weight is 283 g/mol. The van der Waals surface area contributed by atoms with E-state index in [2.05, 4.69) is 10.5 Å². The maximum Gasteiger partial charge on any atom is 0.317 e. The Morgan fingerprint density at radius 1 is 1.60 bits per heavy atom. The van der Waals surface area contributed by atoms with Gasteiger partial charge in [0.2, 0.25) is 0 Å². The highest BCUT2D eigenvalue weighted by molar-refractivity contribution is 5.73. The summed E-state index contributed by atoms with van der Waals surface area (Å²) in [5.41, 5.74) is 0.582. The molecule has 1 aromatic heterocycles. The minimum absolute atomic E-state index is 0.144. The van der Waals surface area contributed by atoms with Crippen molar-refractivity contribution in [1.82, 2.24) is 15.4 Å². The zero-order valence-electron chi connectivity index (χ0n) is 12.9. The highest BCUT2D eigenvalue weighted by Gasteiger charge is 2.22. The Morgan fingerprint density at radius 3 is 2.75 bits per heavy atom. The van der Waals surface area contributed by atoms with Crippen LogP contribution >= 0.6 is 0 Å². The number of nitrogens with one attached hydrogen (secondary N) is 1. The quantitative estimate of drug-likeness (QED) is 0.836. The highest BCUT2D eigenvalue weighted by Crippen LogP contribution is 2.21. The number of carbonyl (C=O) groups is 1. The number of nitrogens with zero attached hydrogens (tertiary/aromatic N) is 2. The molecule has 20 heavy (non-hydrogen) atoms. The van der Waals surface area contributed by atoms with Gasteiger partial charge in [-0.3, -0.25) is 0 Å². The summed E-state index contributed by atoms with van der Waals surface area (Å²) in [7, 11) is 1.71. The molecule has 0 aliphatic heterocycles. The smallest absolute Gasteiger partial charge is 0.317 e. The summed E-state index contributed by atoms with van der Waals surface area (Å²) in [6.45, 7) is 8.51. The molecule has 2 amide bonds. The monoisotopic (exact) mass is 283 g/mol. The van der Waals surface area contributed by atoms with Crippen LogP contribution in [0.25, 0.3) is 0 Å². The molecule has 0 bridgehead atoms. The molecule has 0 radical (unpaired) electrons. The second kappa shape index (κ2) is 6.74. The molecule has 0 aliphatic carbocycles. The standard InChI is InChI=1S/C14H25N3O3/c1-10(18)7-14(3,4)9-15-13(19)17(5)8-12-6-11(2)20-16-12/h6,10,18H,7-9H2,1-5H3,(H,15,19). The lowest BCUT2D eigenvalue weighted by atomic mass is 9.87. The van der Waals surface area contributed by atoms with Crippen LogP contribution in [0.5, 0.6) is 0 Å². The lowest BCUT2D eigenvalue weighted by Crippen LogP contribution is -2.42. The number of aryl methyl sites for hydroxylation is 1. The fourth-order valence-electron chi connectivity index (χ4n) is 2.13. The maximum absolute atomic E-state index is 12.0. The van der Waals surface area contributed by atoms with Gasteiger partial charge in [0.15, 0.2) is 0 Å². The second-order valence-electron chi connectivity index (χ2n) is 6.16. The average Bonchev–Trinajstić information content (AvgIpc) is 2.70. The molecule has 0 aliphatic rings. The number of hydrogen-bond donors (Lipinski definition) is 2. The van der Waals surface area contributed by atoms with Gasteiger partial charge in [0, 0.05) is 19.7 Å². The van der Waals surface area contributed by atoms with E-state index in [0.717, 1.165) is 11.5 Å². The third-order valence-electron chi connectivity index (χ3n) is 2.99. The van der Waals surface area contributed by atoms with E-state index in [-0.39, 0.29) is 17.6 Å². The van der Waals surface area contributed by atoms with Crippen molar-refractivity contribution in [1.29, 1.82) is 0 Å². The molecule has 6 heteroatoms. The van der Waals surface area contributed by atoms with Crippen LogP contribution < -0.4 is 5.32 Å². The Hall–Kier alpha value is -1.56. The van der Waals surface area contributed by atoms with Crippen molar-refractivity contribution in [3.8, 4) is 0 Å². The van der Waals surface area contributed by atoms with Gasteiger partial charge in [-0.05, 0) is 25.7 Å². The van der Waals surface area contributed by atoms with Gasteiger partial charge >= 0.3 is 6.03 Å². The highest BCUT2D eigenvalue weighted by atomic mass is 16.5. The summed E-state index contributed by atoms with van der Waals surface area (Å²) in [4.78, 5) is 13.5. The largest absolute Gasteiger partial charge is 0.393 e. The van der Waals surface area contributed by atoms with E-state index in [1.165, 1.54) is 0 Å². The number of hydrogen-bond acceptors (Lipinski definition) is 4. The minimum atomic E-state index is -0.377. The van der Waals surface area contributed by atoms with Gasteiger partial charge in [-0.2, -0.15) is 0 Å². The van der Waals surface area contributed by atoms with E-state index in [4.69, 9.17) is 4.52 Å². The summed E-state index contributed by atoms with van der Waals surface area (Å²) >= 11 is 0. The zero-order chi connectivity index (χ0) is 15.3. The zero-order valence-corrected chi connectivity index (χ0v) is 12.9. The third kappa shape index (κ3) is 5.61. The molecule has 0 aromatic carbocycles. The number of aliphatic hydroxyl groups excluding tert-OH is 1. The Labute approximate surface area is 120 Å². The van der Waals surface area contributed by atoms with Crippen molar-refractivity contribution in [2.24, 2.45) is 5.41 Å². The predicted octanol–water partition coefficient (Wildman–Crippen LogP) is 1.92. The SMILES string of the molecule is Cc1cc(CN(C)C(=O)NCC(C)(C)CC(C)O)no1. The van der Waals surface area contributed by atoms with Crippen molar-refractivity contribution in [3.63, 3.8) is 0 Å². The lowest BCUT2D eigenvalue weighted by molar-refractivity contribution is 0.127. The molecule has 2 N–H and O–H groups in total. The van der Waals surface area contributed by atoms with Gasteiger partial charge in [0.1, 0.15) is 11.5 Å². The van der Waals surface area contributed by atoms with Gasteiger partial charge in [-0.1, -0.05) is 19.0 Å². The number of aromatic nitrogens is 1. The minimum Gasteiger partial charge on any atom is -0.393 e. The lowest BCUT2D eigenvalue weighted by Gasteiger charge is -2.27. The normalized spacial score (nSPS) is 13.1. The van der Waals surface area contributed by atoms with Crippen molar-refractivity contribution in [2.75, 3.05) is 13.6 Å². The van der Waals surface area contributed by atoms with E-state index in [1.807, 2.05) is 20.8 Å². The predicted molar refractivity (Wildman–Crippen MR) is 76.2 cm³/mol. The molecule has 1 rings (SSSR count). The summed E-state index contributed by atoms with van der Waals surface area (Å²) in [6, 6.07) is 1.64. The van der Waals surface area contributed by atoms with Crippen LogP contribution in [0, 0.1) is 12.3 Å². The Balaban J connectivity index is 2.42. The van der Waals surface area contributed by atoms with E-state index >= 15 is 0 Å². The summed E-state index contributed by atoms with van der Waals surface area (Å²) < 4.78 is 4.97. The molecule has 1 aromatic rings. The van der Waals surface area contributed by atoms with Crippen molar-refractivity contribution < 1.29 is 14.4 Å². The van der Waals surface area contributed by atoms with Crippen LogP contribution in [0.15, 0.2) is 10.6 Å². The molecular weight excluding hydrogens is 258 g/mol. The Morgan fingerprint density at radius 2 is 2.25 bits per heavy atom. The fraction of sp³-hybridized carbons (Fsp3) is 0.714. The van der Waals surface area contributed by atoms with Crippen molar-refractivity contribution in [3.05, 3.63) is 17.5 Å². The Bertz CT molecular complexity index is 441. The molecule has 0 fully saturated rings. The number of aliphatic hydroxyl groups is 1. The summed E-state index contributed by atoms with van der Waals surface area (Å²) in [6.07, 6.45) is 0.261. The molecule has 0 saturated heterocycles. The number of carbonyl (C=O) groups excluding carboxylic acids is 1. The molecule has 0 saturated carbocycles. The summed E-state index contributed by atoms with van der Waals surface area (Å²) in [5.74, 6) is 0.729.